The monoisotopic (exact) mass is 292 g/mol. The summed E-state index contributed by atoms with van der Waals surface area (Å²) in [7, 11) is -3.80. The largest absolute Gasteiger partial charge is 0.478 e. The molecule has 0 spiro atoms. The highest BCUT2D eigenvalue weighted by Gasteiger charge is 2.23. The molecule has 0 amide bonds. The van der Waals surface area contributed by atoms with Gasteiger partial charge in [-0.05, 0) is 12.1 Å². The van der Waals surface area contributed by atoms with Gasteiger partial charge in [0.05, 0.1) is 20.5 Å². The van der Waals surface area contributed by atoms with Gasteiger partial charge in [-0.1, -0.05) is 29.1 Å². The fourth-order valence-electron chi connectivity index (χ4n) is 1.16. The fourth-order valence-corrected chi connectivity index (χ4v) is 3.07. The van der Waals surface area contributed by atoms with E-state index < -0.39 is 32.1 Å². The second-order valence-electron chi connectivity index (χ2n) is 3.00. The minimum absolute atomic E-state index is 0.137. The molecule has 0 aliphatic carbocycles. The van der Waals surface area contributed by atoms with Crippen molar-refractivity contribution in [3.05, 3.63) is 27.7 Å². The van der Waals surface area contributed by atoms with Gasteiger partial charge >= 0.3 is 5.97 Å². The van der Waals surface area contributed by atoms with Crippen LogP contribution >= 0.6 is 23.2 Å². The molecule has 0 saturated carbocycles. The SMILES string of the molecule is C#CCS(=O)(=O)c1ccc(Cl)c(C(=O)O)c1Cl. The molecule has 0 radical (unpaired) electrons. The van der Waals surface area contributed by atoms with Crippen LogP contribution in [0.25, 0.3) is 0 Å². The molecule has 0 aliphatic heterocycles. The van der Waals surface area contributed by atoms with E-state index in [2.05, 4.69) is 0 Å². The highest BCUT2D eigenvalue weighted by Crippen LogP contribution is 2.31. The molecule has 0 aliphatic rings. The molecule has 4 nitrogen and oxygen atoms in total. The summed E-state index contributed by atoms with van der Waals surface area (Å²) in [4.78, 5) is 10.5. The van der Waals surface area contributed by atoms with Crippen LogP contribution in [-0.2, 0) is 9.84 Å². The molecular formula is C10H6Cl2O4S. The van der Waals surface area contributed by atoms with Crippen LogP contribution in [0.15, 0.2) is 17.0 Å². The van der Waals surface area contributed by atoms with E-state index in [9.17, 15) is 13.2 Å². The van der Waals surface area contributed by atoms with Crippen molar-refractivity contribution < 1.29 is 18.3 Å². The van der Waals surface area contributed by atoms with Crippen molar-refractivity contribution in [1.82, 2.24) is 0 Å². The maximum atomic E-state index is 11.7. The topological polar surface area (TPSA) is 71.4 Å². The number of aromatic carboxylic acids is 1. The summed E-state index contributed by atoms with van der Waals surface area (Å²) in [5.41, 5.74) is -0.452. The molecule has 0 bridgehead atoms. The van der Waals surface area contributed by atoms with E-state index in [0.29, 0.717) is 0 Å². The first-order valence-electron chi connectivity index (χ1n) is 4.18. The second kappa shape index (κ2) is 4.96. The number of benzene rings is 1. The lowest BCUT2D eigenvalue weighted by atomic mass is 10.2. The smallest absolute Gasteiger partial charge is 0.338 e. The standard InChI is InChI=1S/C10H6Cl2O4S/c1-2-5-17(15,16)7-4-3-6(11)8(9(7)12)10(13)14/h1,3-4H,5H2,(H,13,14). The lowest BCUT2D eigenvalue weighted by Gasteiger charge is -2.07. The highest BCUT2D eigenvalue weighted by molar-refractivity contribution is 7.91. The van der Waals surface area contributed by atoms with Gasteiger partial charge < -0.3 is 5.11 Å². The normalized spacial score (nSPS) is 10.9. The Bertz CT molecular complexity index is 614. The third-order valence-corrected chi connectivity index (χ3v) is 4.25. The predicted molar refractivity (Wildman–Crippen MR) is 64.3 cm³/mol. The zero-order valence-electron chi connectivity index (χ0n) is 8.28. The number of hydrogen-bond donors (Lipinski definition) is 1. The molecule has 90 valence electrons. The van der Waals surface area contributed by atoms with E-state index in [1.807, 2.05) is 5.92 Å². The molecule has 1 N–H and O–H groups in total. The van der Waals surface area contributed by atoms with Gasteiger partial charge in [0.25, 0.3) is 0 Å². The van der Waals surface area contributed by atoms with E-state index in [1.54, 1.807) is 0 Å². The average molecular weight is 293 g/mol. The molecule has 0 heterocycles. The van der Waals surface area contributed by atoms with Crippen LogP contribution in [0.5, 0.6) is 0 Å². The number of rotatable bonds is 3. The molecule has 0 saturated heterocycles. The van der Waals surface area contributed by atoms with Gasteiger partial charge in [-0.25, -0.2) is 13.2 Å². The average Bonchev–Trinajstić information content (AvgIpc) is 2.15. The number of hydrogen-bond acceptors (Lipinski definition) is 3. The van der Waals surface area contributed by atoms with Crippen molar-refractivity contribution in [3.63, 3.8) is 0 Å². The number of carboxylic acid groups (broad SMARTS) is 1. The van der Waals surface area contributed by atoms with E-state index in [1.165, 1.54) is 0 Å². The highest BCUT2D eigenvalue weighted by atomic mass is 35.5. The Morgan fingerprint density at radius 2 is 2.00 bits per heavy atom. The van der Waals surface area contributed by atoms with Crippen LogP contribution in [0.3, 0.4) is 0 Å². The van der Waals surface area contributed by atoms with E-state index in [0.717, 1.165) is 12.1 Å². The zero-order chi connectivity index (χ0) is 13.2. The van der Waals surface area contributed by atoms with Crippen molar-refractivity contribution in [2.45, 2.75) is 4.90 Å². The van der Waals surface area contributed by atoms with Crippen LogP contribution in [-0.4, -0.2) is 25.2 Å². The van der Waals surface area contributed by atoms with Crippen LogP contribution in [0.4, 0.5) is 0 Å². The molecule has 0 atom stereocenters. The van der Waals surface area contributed by atoms with Crippen LogP contribution in [0, 0.1) is 12.3 Å². The van der Waals surface area contributed by atoms with Gasteiger partial charge in [0.15, 0.2) is 9.84 Å². The minimum atomic E-state index is -3.80. The Balaban J connectivity index is 3.56. The second-order valence-corrected chi connectivity index (χ2v) is 5.75. The summed E-state index contributed by atoms with van der Waals surface area (Å²) < 4.78 is 23.4. The number of carboxylic acids is 1. The Labute approximate surface area is 108 Å². The third kappa shape index (κ3) is 2.72. The molecule has 0 aromatic heterocycles. The fraction of sp³-hybridized carbons (Fsp3) is 0.100. The molecule has 17 heavy (non-hydrogen) atoms. The maximum absolute atomic E-state index is 11.7. The summed E-state index contributed by atoms with van der Waals surface area (Å²) in [5, 5.41) is 8.30. The first-order chi connectivity index (χ1) is 7.81. The first-order valence-corrected chi connectivity index (χ1v) is 6.59. The Kier molecular flexibility index (Phi) is 4.04. The van der Waals surface area contributed by atoms with E-state index >= 15 is 0 Å². The summed E-state index contributed by atoms with van der Waals surface area (Å²) in [5.74, 6) is 0.00302. The quantitative estimate of drug-likeness (QED) is 0.866. The molecular weight excluding hydrogens is 287 g/mol. The molecule has 1 rings (SSSR count). The van der Waals surface area contributed by atoms with Crippen LogP contribution < -0.4 is 0 Å². The zero-order valence-corrected chi connectivity index (χ0v) is 10.6. The molecule has 7 heteroatoms. The van der Waals surface area contributed by atoms with Crippen molar-refractivity contribution in [1.29, 1.82) is 0 Å². The number of carbonyl (C=O) groups is 1. The molecule has 0 fully saturated rings. The lowest BCUT2D eigenvalue weighted by molar-refractivity contribution is 0.0697. The Morgan fingerprint density at radius 3 is 2.47 bits per heavy atom. The maximum Gasteiger partial charge on any atom is 0.338 e. The van der Waals surface area contributed by atoms with Gasteiger partial charge in [-0.2, -0.15) is 0 Å². The van der Waals surface area contributed by atoms with Crippen molar-refractivity contribution in [2.75, 3.05) is 5.75 Å². The predicted octanol–water partition coefficient (Wildman–Crippen LogP) is 2.10. The van der Waals surface area contributed by atoms with Crippen LogP contribution in [0.2, 0.25) is 10.0 Å². The Hall–Kier alpha value is -1.22. The van der Waals surface area contributed by atoms with Gasteiger partial charge in [0, 0.05) is 0 Å². The molecule has 1 aromatic carbocycles. The van der Waals surface area contributed by atoms with Gasteiger partial charge in [0.1, 0.15) is 5.75 Å². The summed E-state index contributed by atoms with van der Waals surface area (Å²) in [6.07, 6.45) is 4.92. The summed E-state index contributed by atoms with van der Waals surface area (Å²) in [6.45, 7) is 0. The van der Waals surface area contributed by atoms with Gasteiger partial charge in [0.2, 0.25) is 0 Å². The van der Waals surface area contributed by atoms with E-state index in [4.69, 9.17) is 34.7 Å². The van der Waals surface area contributed by atoms with Gasteiger partial charge in [-0.15, -0.1) is 6.42 Å². The summed E-state index contributed by atoms with van der Waals surface area (Å²) in [6, 6.07) is 2.28. The van der Waals surface area contributed by atoms with Crippen LogP contribution in [0.1, 0.15) is 10.4 Å². The molecule has 1 aromatic rings. The van der Waals surface area contributed by atoms with Gasteiger partial charge in [-0.3, -0.25) is 0 Å². The van der Waals surface area contributed by atoms with Crippen molar-refractivity contribution in [3.8, 4) is 12.3 Å². The third-order valence-electron chi connectivity index (χ3n) is 1.88. The van der Waals surface area contributed by atoms with Crippen molar-refractivity contribution >= 4 is 39.0 Å². The minimum Gasteiger partial charge on any atom is -0.478 e. The molecule has 0 unspecified atom stereocenters. The Morgan fingerprint density at radius 1 is 1.41 bits per heavy atom. The lowest BCUT2D eigenvalue weighted by Crippen LogP contribution is -2.09. The van der Waals surface area contributed by atoms with E-state index in [-0.39, 0.29) is 9.92 Å². The first kappa shape index (κ1) is 13.8. The summed E-state index contributed by atoms with van der Waals surface area (Å²) >= 11 is 11.3. The number of terminal acetylenes is 1. The number of sulfone groups is 1. The number of halogens is 2. The van der Waals surface area contributed by atoms with Crippen molar-refractivity contribution in [2.24, 2.45) is 0 Å².